The van der Waals surface area contributed by atoms with Crippen molar-refractivity contribution in [2.45, 2.75) is 47.9 Å². The van der Waals surface area contributed by atoms with Gasteiger partial charge >= 0.3 is 0 Å². The summed E-state index contributed by atoms with van der Waals surface area (Å²) in [6.07, 6.45) is -5.14. The van der Waals surface area contributed by atoms with E-state index in [1.54, 1.807) is 0 Å². The average molecular weight is 411 g/mol. The number of aliphatic hydroxyl groups is 5. The van der Waals surface area contributed by atoms with Crippen LogP contribution in [0.1, 0.15) is 0 Å². The molecule has 13 nitrogen and oxygen atoms in total. The molecule has 13 heteroatoms. The largest absolute Gasteiger partial charge is 0.394 e. The van der Waals surface area contributed by atoms with Gasteiger partial charge in [0.1, 0.15) is 54.1 Å². The molecule has 0 aromatic carbocycles. The van der Waals surface area contributed by atoms with Gasteiger partial charge in [-0.05, 0) is 0 Å². The zero-order valence-electron chi connectivity index (χ0n) is 15.1. The van der Waals surface area contributed by atoms with Gasteiger partial charge in [0, 0.05) is 0 Å². The molecule has 3 saturated heterocycles. The Balaban J connectivity index is 1.73. The van der Waals surface area contributed by atoms with E-state index in [9.17, 15) is 25.5 Å². The van der Waals surface area contributed by atoms with E-state index in [-0.39, 0.29) is 23.6 Å². The summed E-state index contributed by atoms with van der Waals surface area (Å²) in [5.41, 5.74) is 3.09. The molecule has 0 saturated carbocycles. The zero-order chi connectivity index (χ0) is 20.6. The van der Waals surface area contributed by atoms with Gasteiger partial charge in [-0.25, -0.2) is 15.0 Å². The van der Waals surface area contributed by atoms with Crippen molar-refractivity contribution in [2.75, 3.05) is 25.6 Å². The van der Waals surface area contributed by atoms with Crippen LogP contribution in [-0.4, -0.2) is 107 Å². The Kier molecular flexibility index (Phi) is 4.11. The smallest absolute Gasteiger partial charge is 0.206 e. The number of ether oxygens (including phenoxy) is 3. The molecule has 2 bridgehead atoms. The number of fused-ring (bicyclic) bond motifs is 3. The monoisotopic (exact) mass is 411 g/mol. The number of aliphatic hydroxyl groups excluding tert-OH is 5. The van der Waals surface area contributed by atoms with E-state index < -0.39 is 61.2 Å². The number of nitrogen functional groups attached to an aromatic ring is 1. The zero-order valence-corrected chi connectivity index (χ0v) is 15.1. The van der Waals surface area contributed by atoms with Crippen molar-refractivity contribution < 1.29 is 39.7 Å². The standard InChI is InChI=1S/C16H21N5O8/c17-13-7-14(19-4-18-13)21(5-20-7)16(11-9(25)8(24)6(1-22)28-11)12-10(26)15(2-23,29-16)3-27-12/h4-6,8-12,22-26H,1-3H2,(H2,17,18,19)/t6-,8-,9-,10+,11-,12-,15+,16-/m1/s1. The number of nitrogens with zero attached hydrogens (tertiary/aromatic N) is 4. The van der Waals surface area contributed by atoms with Crippen molar-refractivity contribution >= 4 is 17.0 Å². The fourth-order valence-corrected chi connectivity index (χ4v) is 4.57. The minimum atomic E-state index is -1.76. The highest BCUT2D eigenvalue weighted by Crippen LogP contribution is 2.53. The molecule has 5 rings (SSSR count). The maximum atomic E-state index is 10.8. The van der Waals surface area contributed by atoms with Crippen LogP contribution in [0.4, 0.5) is 5.82 Å². The van der Waals surface area contributed by atoms with Gasteiger partial charge in [-0.1, -0.05) is 0 Å². The fourth-order valence-electron chi connectivity index (χ4n) is 4.57. The summed E-state index contributed by atoms with van der Waals surface area (Å²) >= 11 is 0. The second-order valence-corrected chi connectivity index (χ2v) is 7.56. The van der Waals surface area contributed by atoms with Gasteiger partial charge < -0.3 is 45.5 Å². The summed E-state index contributed by atoms with van der Waals surface area (Å²) in [5.74, 6) is 0.103. The molecular weight excluding hydrogens is 390 g/mol. The Hall–Kier alpha value is -1.97. The molecular formula is C16H21N5O8. The highest BCUT2D eigenvalue weighted by atomic mass is 16.7. The molecule has 8 atom stereocenters. The minimum absolute atomic E-state index is 0.0877. The second-order valence-electron chi connectivity index (χ2n) is 7.56. The van der Waals surface area contributed by atoms with E-state index in [1.165, 1.54) is 17.2 Å². The molecule has 0 unspecified atom stereocenters. The van der Waals surface area contributed by atoms with Gasteiger partial charge in [0.25, 0.3) is 0 Å². The predicted octanol–water partition coefficient (Wildman–Crippen LogP) is -3.94. The molecule has 2 aromatic rings. The van der Waals surface area contributed by atoms with Crippen LogP contribution in [0.5, 0.6) is 0 Å². The molecule has 3 fully saturated rings. The molecule has 158 valence electrons. The van der Waals surface area contributed by atoms with Crippen LogP contribution in [-0.2, 0) is 19.9 Å². The van der Waals surface area contributed by atoms with E-state index in [4.69, 9.17) is 19.9 Å². The summed E-state index contributed by atoms with van der Waals surface area (Å²) in [5, 5.41) is 51.3. The molecule has 0 spiro atoms. The first-order valence-electron chi connectivity index (χ1n) is 9.07. The van der Waals surface area contributed by atoms with Gasteiger partial charge in [0.05, 0.1) is 26.1 Å². The van der Waals surface area contributed by atoms with E-state index in [2.05, 4.69) is 15.0 Å². The van der Waals surface area contributed by atoms with E-state index in [0.717, 1.165) is 0 Å². The lowest BCUT2D eigenvalue weighted by Crippen LogP contribution is -2.60. The lowest BCUT2D eigenvalue weighted by molar-refractivity contribution is -0.297. The molecule has 3 aliphatic rings. The third kappa shape index (κ3) is 2.23. The Morgan fingerprint density at radius 2 is 1.93 bits per heavy atom. The number of hydrogen-bond acceptors (Lipinski definition) is 12. The van der Waals surface area contributed by atoms with Crippen LogP contribution < -0.4 is 5.73 Å². The molecule has 3 aliphatic heterocycles. The number of anilines is 1. The van der Waals surface area contributed by atoms with Gasteiger partial charge in [0.15, 0.2) is 11.5 Å². The normalized spacial score (nSPS) is 44.2. The number of imidazole rings is 1. The van der Waals surface area contributed by atoms with Crippen LogP contribution in [0.15, 0.2) is 12.7 Å². The van der Waals surface area contributed by atoms with Gasteiger partial charge in [-0.3, -0.25) is 4.57 Å². The second kappa shape index (κ2) is 6.26. The van der Waals surface area contributed by atoms with Crippen molar-refractivity contribution in [3.8, 4) is 0 Å². The minimum Gasteiger partial charge on any atom is -0.394 e. The van der Waals surface area contributed by atoms with Crippen LogP contribution in [0.25, 0.3) is 11.2 Å². The summed E-state index contributed by atoms with van der Waals surface area (Å²) in [4.78, 5) is 12.3. The third-order valence-electron chi connectivity index (χ3n) is 6.06. The highest BCUT2D eigenvalue weighted by molar-refractivity contribution is 5.81. The van der Waals surface area contributed by atoms with E-state index >= 15 is 0 Å². The molecule has 5 heterocycles. The molecule has 7 N–H and O–H groups in total. The van der Waals surface area contributed by atoms with Crippen LogP contribution in [0, 0.1) is 0 Å². The van der Waals surface area contributed by atoms with Gasteiger partial charge in [-0.2, -0.15) is 0 Å². The Labute approximate surface area is 163 Å². The van der Waals surface area contributed by atoms with Crippen LogP contribution >= 0.6 is 0 Å². The SMILES string of the molecule is Nc1ncnc2c1ncn2[C@]1([C@@H]2O[C@H](CO)[C@@H](O)[C@H]2O)O[C@@]2(CO)CO[C@@H]1[C@@H]2O. The average Bonchev–Trinajstić information content (AvgIpc) is 3.44. The first kappa shape index (κ1) is 19.0. The summed E-state index contributed by atoms with van der Waals surface area (Å²) < 4.78 is 19.1. The number of aromatic nitrogens is 4. The first-order valence-corrected chi connectivity index (χ1v) is 9.07. The van der Waals surface area contributed by atoms with Crippen molar-refractivity contribution in [1.82, 2.24) is 19.5 Å². The number of hydrogen-bond donors (Lipinski definition) is 6. The Morgan fingerprint density at radius 1 is 1.14 bits per heavy atom. The summed E-state index contributed by atoms with van der Waals surface area (Å²) in [6, 6.07) is 0. The number of rotatable bonds is 4. The summed E-state index contributed by atoms with van der Waals surface area (Å²) in [7, 11) is 0. The topological polar surface area (TPSA) is 198 Å². The van der Waals surface area contributed by atoms with Crippen molar-refractivity contribution in [3.05, 3.63) is 12.7 Å². The molecule has 0 radical (unpaired) electrons. The quantitative estimate of drug-likeness (QED) is 0.286. The van der Waals surface area contributed by atoms with E-state index in [1.807, 2.05) is 0 Å². The van der Waals surface area contributed by atoms with Crippen molar-refractivity contribution in [2.24, 2.45) is 0 Å². The molecule has 0 amide bonds. The highest BCUT2D eigenvalue weighted by Gasteiger charge is 2.74. The molecule has 29 heavy (non-hydrogen) atoms. The van der Waals surface area contributed by atoms with Crippen LogP contribution in [0.2, 0.25) is 0 Å². The maximum absolute atomic E-state index is 10.8. The van der Waals surface area contributed by atoms with Gasteiger partial charge in [0.2, 0.25) is 5.72 Å². The Bertz CT molecular complexity index is 943. The summed E-state index contributed by atoms with van der Waals surface area (Å²) in [6.45, 7) is -1.20. The van der Waals surface area contributed by atoms with Gasteiger partial charge in [-0.15, -0.1) is 0 Å². The fraction of sp³-hybridized carbons (Fsp3) is 0.688. The van der Waals surface area contributed by atoms with E-state index in [0.29, 0.717) is 0 Å². The number of nitrogens with two attached hydrogens (primary N) is 1. The molecule has 0 aliphatic carbocycles. The van der Waals surface area contributed by atoms with Crippen LogP contribution in [0.3, 0.4) is 0 Å². The lowest BCUT2D eigenvalue weighted by atomic mass is 9.91. The third-order valence-corrected chi connectivity index (χ3v) is 6.06. The lowest BCUT2D eigenvalue weighted by Gasteiger charge is -2.44. The molecule has 2 aromatic heterocycles. The van der Waals surface area contributed by atoms with Crippen molar-refractivity contribution in [1.29, 1.82) is 0 Å². The predicted molar refractivity (Wildman–Crippen MR) is 92.1 cm³/mol. The Morgan fingerprint density at radius 3 is 2.59 bits per heavy atom. The van der Waals surface area contributed by atoms with Crippen molar-refractivity contribution in [3.63, 3.8) is 0 Å². The maximum Gasteiger partial charge on any atom is 0.206 e. The first-order chi connectivity index (χ1) is 13.9.